The van der Waals surface area contributed by atoms with Crippen LogP contribution >= 0.6 is 0 Å². The number of hydrogen-bond acceptors (Lipinski definition) is 4. The van der Waals surface area contributed by atoms with Gasteiger partial charge < -0.3 is 19.5 Å². The number of rotatable bonds is 5. The Balaban J connectivity index is 1.46. The number of benzene rings is 1. The molecular weight excluding hydrogens is 346 g/mol. The number of aryl methyl sites for hydroxylation is 1. The molecule has 0 spiro atoms. The van der Waals surface area contributed by atoms with Crippen molar-refractivity contribution in [3.8, 4) is 0 Å². The minimum absolute atomic E-state index is 0.180. The number of piperazine rings is 1. The van der Waals surface area contributed by atoms with Crippen molar-refractivity contribution in [1.29, 1.82) is 0 Å². The smallest absolute Gasteiger partial charge is 0.289 e. The number of nitrogens with zero attached hydrogens (tertiary/aromatic N) is 2. The zero-order chi connectivity index (χ0) is 19.2. The number of furan rings is 1. The third-order valence-electron chi connectivity index (χ3n) is 4.61. The van der Waals surface area contributed by atoms with Crippen LogP contribution in [0.15, 0.2) is 47.1 Å². The Morgan fingerprint density at radius 3 is 2.26 bits per heavy atom. The van der Waals surface area contributed by atoms with Gasteiger partial charge in [0.1, 0.15) is 6.42 Å². The Morgan fingerprint density at radius 2 is 1.67 bits per heavy atom. The summed E-state index contributed by atoms with van der Waals surface area (Å²) < 4.78 is 5.12. The van der Waals surface area contributed by atoms with Gasteiger partial charge in [0.2, 0.25) is 11.8 Å². The molecule has 7 nitrogen and oxygen atoms in total. The van der Waals surface area contributed by atoms with E-state index in [4.69, 9.17) is 4.42 Å². The lowest BCUT2D eigenvalue weighted by atomic mass is 10.1. The number of carbonyl (C=O) groups is 3. The first-order chi connectivity index (χ1) is 13.1. The molecule has 1 aliphatic rings. The van der Waals surface area contributed by atoms with Crippen molar-refractivity contribution in [2.45, 2.75) is 19.8 Å². The molecule has 1 aromatic heterocycles. The quantitative estimate of drug-likeness (QED) is 0.819. The van der Waals surface area contributed by atoms with Crippen LogP contribution in [0.1, 0.15) is 29.5 Å². The molecule has 0 radical (unpaired) electrons. The fraction of sp³-hybridized carbons (Fsp3) is 0.350. The highest BCUT2D eigenvalue weighted by Crippen LogP contribution is 2.12. The SMILES string of the molecule is CCc1ccc(NC(=O)CC(=O)N2CCN(C(=O)c3ccco3)CC2)cc1. The Bertz CT molecular complexity index is 791. The number of carbonyl (C=O) groups excluding carboxylic acids is 3. The van der Waals surface area contributed by atoms with E-state index in [1.165, 1.54) is 11.8 Å². The Hall–Kier alpha value is -3.09. The molecule has 1 aromatic carbocycles. The van der Waals surface area contributed by atoms with Gasteiger partial charge in [-0.3, -0.25) is 14.4 Å². The molecule has 3 rings (SSSR count). The van der Waals surface area contributed by atoms with Crippen LogP contribution in [0.5, 0.6) is 0 Å². The summed E-state index contributed by atoms with van der Waals surface area (Å²) in [4.78, 5) is 40.0. The molecule has 0 saturated carbocycles. The van der Waals surface area contributed by atoms with E-state index in [0.717, 1.165) is 6.42 Å². The van der Waals surface area contributed by atoms with Crippen LogP contribution in [0.3, 0.4) is 0 Å². The lowest BCUT2D eigenvalue weighted by Gasteiger charge is -2.34. The normalized spacial score (nSPS) is 14.1. The molecule has 2 heterocycles. The standard InChI is InChI=1S/C20H23N3O4/c1-2-15-5-7-16(8-6-15)21-18(24)14-19(25)22-9-11-23(12-10-22)20(26)17-4-3-13-27-17/h3-8,13H,2,9-12,14H2,1H3,(H,21,24). The van der Waals surface area contributed by atoms with Crippen LogP contribution < -0.4 is 5.32 Å². The monoisotopic (exact) mass is 369 g/mol. The van der Waals surface area contributed by atoms with Gasteiger partial charge in [0.05, 0.1) is 6.26 Å². The summed E-state index contributed by atoms with van der Waals surface area (Å²) in [6, 6.07) is 10.9. The topological polar surface area (TPSA) is 82.9 Å². The number of amides is 3. The van der Waals surface area contributed by atoms with E-state index >= 15 is 0 Å². The Morgan fingerprint density at radius 1 is 1.00 bits per heavy atom. The molecule has 0 unspecified atom stereocenters. The molecule has 0 aliphatic carbocycles. The van der Waals surface area contributed by atoms with E-state index in [1.54, 1.807) is 21.9 Å². The van der Waals surface area contributed by atoms with Crippen LogP contribution in [0, 0.1) is 0 Å². The van der Waals surface area contributed by atoms with Crippen molar-refractivity contribution in [3.63, 3.8) is 0 Å². The molecule has 142 valence electrons. The molecule has 1 aliphatic heterocycles. The van der Waals surface area contributed by atoms with Crippen molar-refractivity contribution in [2.24, 2.45) is 0 Å². The van der Waals surface area contributed by atoms with E-state index < -0.39 is 0 Å². The summed E-state index contributed by atoms with van der Waals surface area (Å²) >= 11 is 0. The lowest BCUT2D eigenvalue weighted by Crippen LogP contribution is -2.51. The van der Waals surface area contributed by atoms with Gasteiger partial charge in [-0.25, -0.2) is 0 Å². The summed E-state index contributed by atoms with van der Waals surface area (Å²) in [5, 5.41) is 2.75. The van der Waals surface area contributed by atoms with Crippen LogP contribution in [0.25, 0.3) is 0 Å². The summed E-state index contributed by atoms with van der Waals surface area (Å²) in [7, 11) is 0. The summed E-state index contributed by atoms with van der Waals surface area (Å²) in [5.41, 5.74) is 1.87. The van der Waals surface area contributed by atoms with E-state index in [1.807, 2.05) is 24.3 Å². The van der Waals surface area contributed by atoms with E-state index in [-0.39, 0.29) is 24.1 Å². The second kappa shape index (κ2) is 8.53. The number of nitrogens with one attached hydrogen (secondary N) is 1. The zero-order valence-corrected chi connectivity index (χ0v) is 15.3. The average molecular weight is 369 g/mol. The minimum atomic E-state index is -0.335. The predicted molar refractivity (Wildman–Crippen MR) is 100 cm³/mol. The predicted octanol–water partition coefficient (Wildman–Crippen LogP) is 2.16. The molecule has 7 heteroatoms. The zero-order valence-electron chi connectivity index (χ0n) is 15.3. The highest BCUT2D eigenvalue weighted by atomic mass is 16.3. The molecule has 3 amide bonds. The second-order valence-corrected chi connectivity index (χ2v) is 6.43. The highest BCUT2D eigenvalue weighted by molar-refractivity contribution is 6.03. The van der Waals surface area contributed by atoms with Gasteiger partial charge in [-0.2, -0.15) is 0 Å². The van der Waals surface area contributed by atoms with Gasteiger partial charge in [-0.15, -0.1) is 0 Å². The van der Waals surface area contributed by atoms with Gasteiger partial charge in [-0.1, -0.05) is 19.1 Å². The fourth-order valence-electron chi connectivity index (χ4n) is 2.99. The second-order valence-electron chi connectivity index (χ2n) is 6.43. The fourth-order valence-corrected chi connectivity index (χ4v) is 2.99. The molecule has 1 fully saturated rings. The molecule has 1 saturated heterocycles. The molecule has 27 heavy (non-hydrogen) atoms. The van der Waals surface area contributed by atoms with Gasteiger partial charge >= 0.3 is 0 Å². The van der Waals surface area contributed by atoms with Gasteiger partial charge in [-0.05, 0) is 36.2 Å². The first kappa shape index (κ1) is 18.7. The van der Waals surface area contributed by atoms with E-state index in [9.17, 15) is 14.4 Å². The van der Waals surface area contributed by atoms with Crippen molar-refractivity contribution >= 4 is 23.4 Å². The summed E-state index contributed by atoms with van der Waals surface area (Å²) in [6.45, 7) is 3.72. The molecule has 2 aromatic rings. The molecular formula is C20H23N3O4. The van der Waals surface area contributed by atoms with Gasteiger partial charge in [0, 0.05) is 31.9 Å². The maximum absolute atomic E-state index is 12.3. The summed E-state index contributed by atoms with van der Waals surface area (Å²) in [6.07, 6.45) is 2.18. The van der Waals surface area contributed by atoms with Crippen LogP contribution in [0.2, 0.25) is 0 Å². The highest BCUT2D eigenvalue weighted by Gasteiger charge is 2.26. The van der Waals surface area contributed by atoms with Crippen LogP contribution in [-0.4, -0.2) is 53.7 Å². The van der Waals surface area contributed by atoms with Crippen LogP contribution in [-0.2, 0) is 16.0 Å². The third kappa shape index (κ3) is 4.75. The molecule has 1 N–H and O–H groups in total. The number of hydrogen-bond donors (Lipinski definition) is 1. The van der Waals surface area contributed by atoms with Crippen molar-refractivity contribution in [3.05, 3.63) is 54.0 Å². The van der Waals surface area contributed by atoms with Crippen molar-refractivity contribution < 1.29 is 18.8 Å². The van der Waals surface area contributed by atoms with Crippen molar-refractivity contribution in [1.82, 2.24) is 9.80 Å². The van der Waals surface area contributed by atoms with E-state index in [0.29, 0.717) is 37.6 Å². The van der Waals surface area contributed by atoms with Gasteiger partial charge in [0.15, 0.2) is 5.76 Å². The van der Waals surface area contributed by atoms with E-state index in [2.05, 4.69) is 12.2 Å². The Kier molecular flexibility index (Phi) is 5.90. The molecule has 0 atom stereocenters. The molecule has 0 bridgehead atoms. The minimum Gasteiger partial charge on any atom is -0.459 e. The lowest BCUT2D eigenvalue weighted by molar-refractivity contribution is -0.135. The maximum Gasteiger partial charge on any atom is 0.289 e. The van der Waals surface area contributed by atoms with Gasteiger partial charge in [0.25, 0.3) is 5.91 Å². The largest absolute Gasteiger partial charge is 0.459 e. The first-order valence-electron chi connectivity index (χ1n) is 9.06. The average Bonchev–Trinajstić information content (AvgIpc) is 3.23. The number of anilines is 1. The van der Waals surface area contributed by atoms with Crippen molar-refractivity contribution in [2.75, 3.05) is 31.5 Å². The summed E-state index contributed by atoms with van der Waals surface area (Å²) in [5.74, 6) is -0.454. The first-order valence-corrected chi connectivity index (χ1v) is 9.06. The third-order valence-corrected chi connectivity index (χ3v) is 4.61. The maximum atomic E-state index is 12.3. The Labute approximate surface area is 157 Å². The van der Waals surface area contributed by atoms with Crippen LogP contribution in [0.4, 0.5) is 5.69 Å².